The number of nitro benzene ring substituents is 1. The highest BCUT2D eigenvalue weighted by Gasteiger charge is 2.16. The maximum atomic E-state index is 11.9. The smallest absolute Gasteiger partial charge is 0.273 e. The third kappa shape index (κ3) is 4.22. The second kappa shape index (κ2) is 7.30. The summed E-state index contributed by atoms with van der Waals surface area (Å²) in [6.07, 6.45) is 1.52. The van der Waals surface area contributed by atoms with Gasteiger partial charge in [-0.05, 0) is 25.1 Å². The number of ether oxygens (including phenoxy) is 2. The first-order chi connectivity index (χ1) is 11.0. The standard InChI is InChI=1S/C15H16N2O6/c1-10(12-4-3-7-22-12)16-15(18)9-23-14-8-11(17(19)20)5-6-13(14)21-2/h3-8,10H,9H2,1-2H3,(H,16,18)/t10-/m0/s1. The van der Waals surface area contributed by atoms with Gasteiger partial charge in [0.25, 0.3) is 11.6 Å². The molecule has 1 N–H and O–H groups in total. The topological polar surface area (TPSA) is 104 Å². The van der Waals surface area contributed by atoms with Crippen LogP contribution in [0.4, 0.5) is 5.69 Å². The predicted molar refractivity (Wildman–Crippen MR) is 80.4 cm³/mol. The molecule has 0 aliphatic rings. The minimum Gasteiger partial charge on any atom is -0.493 e. The lowest BCUT2D eigenvalue weighted by atomic mass is 10.2. The largest absolute Gasteiger partial charge is 0.493 e. The second-order valence-corrected chi connectivity index (χ2v) is 4.69. The van der Waals surface area contributed by atoms with E-state index in [1.165, 1.54) is 31.6 Å². The van der Waals surface area contributed by atoms with Crippen molar-refractivity contribution in [2.75, 3.05) is 13.7 Å². The van der Waals surface area contributed by atoms with Gasteiger partial charge in [0.15, 0.2) is 18.1 Å². The molecule has 0 aliphatic heterocycles. The summed E-state index contributed by atoms with van der Waals surface area (Å²) in [5, 5.41) is 13.5. The molecule has 2 rings (SSSR count). The third-order valence-electron chi connectivity index (χ3n) is 3.06. The number of hydrogen-bond donors (Lipinski definition) is 1. The summed E-state index contributed by atoms with van der Waals surface area (Å²) in [5.41, 5.74) is -0.148. The van der Waals surface area contributed by atoms with E-state index in [0.29, 0.717) is 11.5 Å². The van der Waals surface area contributed by atoms with Gasteiger partial charge < -0.3 is 19.2 Å². The Bertz CT molecular complexity index is 683. The fourth-order valence-corrected chi connectivity index (χ4v) is 1.93. The molecular weight excluding hydrogens is 304 g/mol. The van der Waals surface area contributed by atoms with Crippen molar-refractivity contribution in [2.45, 2.75) is 13.0 Å². The van der Waals surface area contributed by atoms with E-state index in [0.717, 1.165) is 0 Å². The summed E-state index contributed by atoms with van der Waals surface area (Å²) in [5.74, 6) is 0.665. The van der Waals surface area contributed by atoms with Crippen LogP contribution in [0.1, 0.15) is 18.7 Å². The molecule has 0 fully saturated rings. The van der Waals surface area contributed by atoms with Crippen molar-refractivity contribution in [3.05, 3.63) is 52.5 Å². The molecule has 8 heteroatoms. The average molecular weight is 320 g/mol. The number of furan rings is 1. The Labute approximate surface area is 132 Å². The van der Waals surface area contributed by atoms with Crippen molar-refractivity contribution >= 4 is 11.6 Å². The summed E-state index contributed by atoms with van der Waals surface area (Å²) in [4.78, 5) is 22.1. The van der Waals surface area contributed by atoms with Crippen LogP contribution in [0, 0.1) is 10.1 Å². The molecule has 122 valence electrons. The van der Waals surface area contributed by atoms with Gasteiger partial charge in [0.2, 0.25) is 0 Å². The summed E-state index contributed by atoms with van der Waals surface area (Å²) in [6, 6.07) is 7.08. The quantitative estimate of drug-likeness (QED) is 0.621. The zero-order valence-corrected chi connectivity index (χ0v) is 12.6. The Morgan fingerprint density at radius 2 is 2.17 bits per heavy atom. The SMILES string of the molecule is COc1ccc([N+](=O)[O-])cc1OCC(=O)N[C@@H](C)c1ccco1. The van der Waals surface area contributed by atoms with Gasteiger partial charge in [0, 0.05) is 6.07 Å². The van der Waals surface area contributed by atoms with E-state index in [1.807, 2.05) is 0 Å². The third-order valence-corrected chi connectivity index (χ3v) is 3.06. The zero-order valence-electron chi connectivity index (χ0n) is 12.6. The van der Waals surface area contributed by atoms with Crippen LogP contribution in [0.5, 0.6) is 11.5 Å². The molecule has 0 radical (unpaired) electrons. The molecular formula is C15H16N2O6. The average Bonchev–Trinajstić information content (AvgIpc) is 3.07. The van der Waals surface area contributed by atoms with Gasteiger partial charge in [-0.1, -0.05) is 0 Å². The summed E-state index contributed by atoms with van der Waals surface area (Å²) < 4.78 is 15.6. The number of carbonyl (C=O) groups is 1. The molecule has 0 aliphatic carbocycles. The van der Waals surface area contributed by atoms with Gasteiger partial charge in [0.1, 0.15) is 5.76 Å². The predicted octanol–water partition coefficient (Wildman–Crippen LogP) is 2.45. The first-order valence-corrected chi connectivity index (χ1v) is 6.79. The van der Waals surface area contributed by atoms with Crippen LogP contribution in [0.25, 0.3) is 0 Å². The number of nitro groups is 1. The van der Waals surface area contributed by atoms with Crippen molar-refractivity contribution in [3.63, 3.8) is 0 Å². The maximum Gasteiger partial charge on any atom is 0.273 e. The van der Waals surface area contributed by atoms with E-state index < -0.39 is 4.92 Å². The van der Waals surface area contributed by atoms with Crippen molar-refractivity contribution in [1.82, 2.24) is 5.32 Å². The molecule has 1 aromatic heterocycles. The number of amides is 1. The Morgan fingerprint density at radius 1 is 1.39 bits per heavy atom. The Balaban J connectivity index is 1.98. The monoisotopic (exact) mass is 320 g/mol. The second-order valence-electron chi connectivity index (χ2n) is 4.69. The molecule has 0 saturated carbocycles. The van der Waals surface area contributed by atoms with Crippen molar-refractivity contribution in [2.24, 2.45) is 0 Å². The lowest BCUT2D eigenvalue weighted by Crippen LogP contribution is -2.31. The molecule has 0 unspecified atom stereocenters. The molecule has 8 nitrogen and oxygen atoms in total. The molecule has 23 heavy (non-hydrogen) atoms. The number of hydrogen-bond acceptors (Lipinski definition) is 6. The highest BCUT2D eigenvalue weighted by molar-refractivity contribution is 5.78. The Hall–Kier alpha value is -3.03. The highest BCUT2D eigenvalue weighted by atomic mass is 16.6. The molecule has 0 bridgehead atoms. The zero-order chi connectivity index (χ0) is 16.8. The molecule has 1 aromatic carbocycles. The fraction of sp³-hybridized carbons (Fsp3) is 0.267. The van der Waals surface area contributed by atoms with Crippen LogP contribution in [0.15, 0.2) is 41.0 Å². The van der Waals surface area contributed by atoms with Crippen LogP contribution in [0.3, 0.4) is 0 Å². The van der Waals surface area contributed by atoms with E-state index in [9.17, 15) is 14.9 Å². The van der Waals surface area contributed by atoms with E-state index >= 15 is 0 Å². The van der Waals surface area contributed by atoms with Gasteiger partial charge in [0.05, 0.1) is 30.4 Å². The van der Waals surface area contributed by atoms with E-state index in [1.54, 1.807) is 19.1 Å². The van der Waals surface area contributed by atoms with Gasteiger partial charge >= 0.3 is 0 Å². The molecule has 2 aromatic rings. The fourth-order valence-electron chi connectivity index (χ4n) is 1.93. The van der Waals surface area contributed by atoms with Crippen LogP contribution in [-0.4, -0.2) is 24.5 Å². The van der Waals surface area contributed by atoms with Gasteiger partial charge in [-0.15, -0.1) is 0 Å². The summed E-state index contributed by atoms with van der Waals surface area (Å²) in [7, 11) is 1.41. The first-order valence-electron chi connectivity index (χ1n) is 6.79. The number of benzene rings is 1. The summed E-state index contributed by atoms with van der Waals surface area (Å²) in [6.45, 7) is 1.47. The molecule has 1 heterocycles. The number of rotatable bonds is 7. The van der Waals surface area contributed by atoms with Crippen LogP contribution in [-0.2, 0) is 4.79 Å². The Morgan fingerprint density at radius 3 is 2.78 bits per heavy atom. The van der Waals surface area contributed by atoms with Crippen molar-refractivity contribution < 1.29 is 23.6 Å². The molecule has 1 amide bonds. The highest BCUT2D eigenvalue weighted by Crippen LogP contribution is 2.31. The van der Waals surface area contributed by atoms with Crippen molar-refractivity contribution in [1.29, 1.82) is 0 Å². The van der Waals surface area contributed by atoms with Crippen LogP contribution in [0.2, 0.25) is 0 Å². The maximum absolute atomic E-state index is 11.9. The number of nitrogens with zero attached hydrogens (tertiary/aromatic N) is 1. The molecule has 0 spiro atoms. The Kier molecular flexibility index (Phi) is 5.19. The molecule has 1 atom stereocenters. The molecule has 0 saturated heterocycles. The lowest BCUT2D eigenvalue weighted by molar-refractivity contribution is -0.385. The number of non-ortho nitro benzene ring substituents is 1. The minimum atomic E-state index is -0.550. The normalized spacial score (nSPS) is 11.6. The van der Waals surface area contributed by atoms with Crippen molar-refractivity contribution in [3.8, 4) is 11.5 Å². The van der Waals surface area contributed by atoms with E-state index in [4.69, 9.17) is 13.9 Å². The van der Waals surface area contributed by atoms with Crippen LogP contribution >= 0.6 is 0 Å². The van der Waals surface area contributed by atoms with Gasteiger partial charge in [-0.25, -0.2) is 0 Å². The van der Waals surface area contributed by atoms with Crippen LogP contribution < -0.4 is 14.8 Å². The lowest BCUT2D eigenvalue weighted by Gasteiger charge is -2.13. The number of carbonyl (C=O) groups excluding carboxylic acids is 1. The number of nitrogens with one attached hydrogen (secondary N) is 1. The minimum absolute atomic E-state index is 0.127. The van der Waals surface area contributed by atoms with E-state index in [-0.39, 0.29) is 30.0 Å². The first kappa shape index (κ1) is 16.3. The van der Waals surface area contributed by atoms with Gasteiger partial charge in [-0.3, -0.25) is 14.9 Å². The summed E-state index contributed by atoms with van der Waals surface area (Å²) >= 11 is 0. The van der Waals surface area contributed by atoms with Gasteiger partial charge in [-0.2, -0.15) is 0 Å². The number of methoxy groups -OCH3 is 1. The van der Waals surface area contributed by atoms with E-state index in [2.05, 4.69) is 5.32 Å².